The molecule has 138 valence electrons. The third-order valence-electron chi connectivity index (χ3n) is 4.12. The molecule has 1 heterocycles. The number of nitro groups is 1. The van der Waals surface area contributed by atoms with Gasteiger partial charge in [-0.25, -0.2) is 4.68 Å². The Morgan fingerprint density at radius 2 is 1.78 bits per heavy atom. The number of aromatic amines is 1. The summed E-state index contributed by atoms with van der Waals surface area (Å²) in [6.45, 7) is 3.55. The van der Waals surface area contributed by atoms with Crippen LogP contribution in [0, 0.1) is 17.0 Å². The first kappa shape index (κ1) is 18.1. The van der Waals surface area contributed by atoms with E-state index in [1.54, 1.807) is 45.2 Å². The highest BCUT2D eigenvalue weighted by Crippen LogP contribution is 2.19. The van der Waals surface area contributed by atoms with Gasteiger partial charge in [0.2, 0.25) is 0 Å². The summed E-state index contributed by atoms with van der Waals surface area (Å²) < 4.78 is 6.47. The molecule has 0 saturated heterocycles. The largest absolute Gasteiger partial charge is 0.497 e. The Kier molecular flexibility index (Phi) is 4.89. The summed E-state index contributed by atoms with van der Waals surface area (Å²) in [6.07, 6.45) is 0. The highest BCUT2D eigenvalue weighted by molar-refractivity contribution is 6.01. The van der Waals surface area contributed by atoms with Crippen LogP contribution >= 0.6 is 0 Å². The second kappa shape index (κ2) is 7.28. The lowest BCUT2D eigenvalue weighted by atomic mass is 10.1. The van der Waals surface area contributed by atoms with Gasteiger partial charge in [0, 0.05) is 17.8 Å². The second-order valence-electron chi connectivity index (χ2n) is 5.92. The van der Waals surface area contributed by atoms with Crippen molar-refractivity contribution in [3.8, 4) is 11.4 Å². The monoisotopic (exact) mass is 366 g/mol. The minimum atomic E-state index is -0.483. The highest BCUT2D eigenvalue weighted by atomic mass is 16.6. The molecule has 0 amide bonds. The molecule has 0 bridgehead atoms. The number of H-pyrrole nitrogens is 1. The summed E-state index contributed by atoms with van der Waals surface area (Å²) in [5.74, 6) is 0.727. The summed E-state index contributed by atoms with van der Waals surface area (Å²) >= 11 is 0. The number of aryl methyl sites for hydroxylation is 1. The summed E-state index contributed by atoms with van der Waals surface area (Å²) in [7, 11) is 1.59. The molecule has 3 rings (SSSR count). The first-order valence-corrected chi connectivity index (χ1v) is 8.17. The molecule has 1 N–H and O–H groups in total. The highest BCUT2D eigenvalue weighted by Gasteiger charge is 2.16. The van der Waals surface area contributed by atoms with Gasteiger partial charge in [-0.15, -0.1) is 0 Å². The van der Waals surface area contributed by atoms with Crippen LogP contribution in [0.3, 0.4) is 0 Å². The molecule has 8 heteroatoms. The fourth-order valence-electron chi connectivity index (χ4n) is 2.78. The Labute approximate surface area is 154 Å². The fraction of sp³-hybridized carbons (Fsp3) is 0.158. The van der Waals surface area contributed by atoms with Crippen molar-refractivity contribution in [1.29, 1.82) is 0 Å². The van der Waals surface area contributed by atoms with Crippen molar-refractivity contribution in [2.45, 2.75) is 13.8 Å². The van der Waals surface area contributed by atoms with Crippen LogP contribution in [-0.4, -0.2) is 27.5 Å². The number of nitro benzene ring substituents is 1. The zero-order valence-corrected chi connectivity index (χ0v) is 15.1. The molecule has 0 radical (unpaired) electrons. The summed E-state index contributed by atoms with van der Waals surface area (Å²) in [6, 6.07) is 13.0. The standard InChI is InChI=1S/C19H18N4O4/c1-12(20-14-4-10-17(27-3)11-5-14)18-13(2)21-22(19(18)24)15-6-8-16(9-7-15)23(25)26/h4-11,21H,1-3H3. The third-order valence-corrected chi connectivity index (χ3v) is 4.12. The zero-order chi connectivity index (χ0) is 19.6. The van der Waals surface area contributed by atoms with E-state index in [1.165, 1.54) is 28.9 Å². The molecule has 0 aliphatic heterocycles. The number of nitrogens with one attached hydrogen (secondary N) is 1. The normalized spacial score (nSPS) is 11.4. The van der Waals surface area contributed by atoms with Crippen molar-refractivity contribution in [2.24, 2.45) is 4.99 Å². The third kappa shape index (κ3) is 3.64. The number of hydrogen-bond acceptors (Lipinski definition) is 5. The Morgan fingerprint density at radius 3 is 2.33 bits per heavy atom. The molecular weight excluding hydrogens is 348 g/mol. The van der Waals surface area contributed by atoms with Gasteiger partial charge in [-0.3, -0.25) is 25.0 Å². The number of aliphatic imine (C=N–C) groups is 1. The van der Waals surface area contributed by atoms with Crippen LogP contribution in [0.5, 0.6) is 5.75 Å². The van der Waals surface area contributed by atoms with Crippen molar-refractivity contribution in [2.75, 3.05) is 7.11 Å². The van der Waals surface area contributed by atoms with E-state index >= 15 is 0 Å². The van der Waals surface area contributed by atoms with Crippen LogP contribution in [0.25, 0.3) is 5.69 Å². The van der Waals surface area contributed by atoms with Crippen molar-refractivity contribution < 1.29 is 9.66 Å². The molecule has 2 aromatic carbocycles. The molecule has 0 unspecified atom stereocenters. The van der Waals surface area contributed by atoms with Crippen molar-refractivity contribution in [3.63, 3.8) is 0 Å². The summed E-state index contributed by atoms with van der Waals surface area (Å²) in [4.78, 5) is 27.6. The minimum Gasteiger partial charge on any atom is -0.497 e. The lowest BCUT2D eigenvalue weighted by Gasteiger charge is -2.01. The molecule has 3 aromatic rings. The summed E-state index contributed by atoms with van der Waals surface area (Å²) in [5, 5.41) is 13.8. The summed E-state index contributed by atoms with van der Waals surface area (Å²) in [5.41, 5.74) is 2.60. The molecule has 0 aliphatic rings. The predicted octanol–water partition coefficient (Wildman–Crippen LogP) is 3.53. The van der Waals surface area contributed by atoms with Crippen molar-refractivity contribution >= 4 is 17.1 Å². The van der Waals surface area contributed by atoms with Gasteiger partial charge in [-0.1, -0.05) is 0 Å². The van der Waals surface area contributed by atoms with Crippen LogP contribution in [0.1, 0.15) is 18.2 Å². The number of hydrogen-bond donors (Lipinski definition) is 1. The Balaban J connectivity index is 1.98. The van der Waals surface area contributed by atoms with Crippen molar-refractivity contribution in [3.05, 3.63) is 80.3 Å². The first-order chi connectivity index (χ1) is 12.9. The number of nitrogens with zero attached hydrogens (tertiary/aromatic N) is 3. The van der Waals surface area contributed by atoms with E-state index in [1.807, 2.05) is 0 Å². The van der Waals surface area contributed by atoms with Gasteiger partial charge < -0.3 is 4.74 Å². The maximum absolute atomic E-state index is 12.8. The average Bonchev–Trinajstić information content (AvgIpc) is 2.96. The van der Waals surface area contributed by atoms with E-state index in [0.29, 0.717) is 28.3 Å². The Morgan fingerprint density at radius 1 is 1.15 bits per heavy atom. The molecule has 0 fully saturated rings. The molecule has 27 heavy (non-hydrogen) atoms. The molecular formula is C19H18N4O4. The topological polar surface area (TPSA) is 103 Å². The van der Waals surface area contributed by atoms with Gasteiger partial charge >= 0.3 is 0 Å². The maximum atomic E-state index is 12.8. The quantitative estimate of drug-likeness (QED) is 0.424. The number of methoxy groups -OCH3 is 1. The van der Waals surface area contributed by atoms with Crippen LogP contribution < -0.4 is 10.3 Å². The van der Waals surface area contributed by atoms with E-state index < -0.39 is 4.92 Å². The molecule has 0 atom stereocenters. The average molecular weight is 366 g/mol. The lowest BCUT2D eigenvalue weighted by Crippen LogP contribution is -2.19. The molecule has 1 aromatic heterocycles. The van der Waals surface area contributed by atoms with Gasteiger partial charge in [0.1, 0.15) is 5.75 Å². The van der Waals surface area contributed by atoms with E-state index in [0.717, 1.165) is 5.75 Å². The lowest BCUT2D eigenvalue weighted by molar-refractivity contribution is -0.384. The van der Waals surface area contributed by atoms with Gasteiger partial charge in [0.25, 0.3) is 11.2 Å². The number of aromatic nitrogens is 2. The second-order valence-corrected chi connectivity index (χ2v) is 5.92. The fourth-order valence-corrected chi connectivity index (χ4v) is 2.78. The SMILES string of the molecule is COc1ccc(N=C(C)c2c(C)[nH]n(-c3ccc([N+](=O)[O-])cc3)c2=O)cc1. The predicted molar refractivity (Wildman–Crippen MR) is 103 cm³/mol. The van der Waals surface area contributed by atoms with E-state index in [4.69, 9.17) is 4.74 Å². The number of ether oxygens (including phenoxy) is 1. The molecule has 8 nitrogen and oxygen atoms in total. The zero-order valence-electron chi connectivity index (χ0n) is 15.1. The Hall–Kier alpha value is -3.68. The Bertz CT molecular complexity index is 1060. The van der Waals surface area contributed by atoms with Crippen LogP contribution in [0.15, 0.2) is 58.3 Å². The van der Waals surface area contributed by atoms with Crippen LogP contribution in [0.2, 0.25) is 0 Å². The number of rotatable bonds is 5. The van der Waals surface area contributed by atoms with E-state index in [2.05, 4.69) is 10.1 Å². The molecule has 0 aliphatic carbocycles. The number of non-ortho nitro benzene ring substituents is 1. The van der Waals surface area contributed by atoms with Crippen LogP contribution in [-0.2, 0) is 0 Å². The van der Waals surface area contributed by atoms with E-state index in [9.17, 15) is 14.9 Å². The first-order valence-electron chi connectivity index (χ1n) is 8.17. The van der Waals surface area contributed by atoms with Crippen LogP contribution in [0.4, 0.5) is 11.4 Å². The maximum Gasteiger partial charge on any atom is 0.280 e. The smallest absolute Gasteiger partial charge is 0.280 e. The van der Waals surface area contributed by atoms with Gasteiger partial charge in [0.15, 0.2) is 0 Å². The van der Waals surface area contributed by atoms with Crippen molar-refractivity contribution in [1.82, 2.24) is 9.78 Å². The minimum absolute atomic E-state index is 0.0347. The van der Waals surface area contributed by atoms with Gasteiger partial charge in [-0.2, -0.15) is 0 Å². The van der Waals surface area contributed by atoms with Gasteiger partial charge in [-0.05, 0) is 50.2 Å². The molecule has 0 saturated carbocycles. The van der Waals surface area contributed by atoms with E-state index in [-0.39, 0.29) is 11.2 Å². The molecule has 0 spiro atoms. The number of benzene rings is 2. The van der Waals surface area contributed by atoms with Gasteiger partial charge in [0.05, 0.1) is 34.7 Å².